The Bertz CT molecular complexity index is 1220. The smallest absolute Gasteiger partial charge is 0.214 e. The number of ether oxygens (including phenoxy) is 2. The molecule has 8 nitrogen and oxygen atoms in total. The predicted octanol–water partition coefficient (Wildman–Crippen LogP) is 3.53. The molecule has 2 aromatic heterocycles. The van der Waals surface area contributed by atoms with Gasteiger partial charge < -0.3 is 18.8 Å². The van der Waals surface area contributed by atoms with Gasteiger partial charge in [-0.15, -0.1) is 0 Å². The second kappa shape index (κ2) is 9.17. The van der Waals surface area contributed by atoms with Gasteiger partial charge in [0.2, 0.25) is 10.0 Å². The summed E-state index contributed by atoms with van der Waals surface area (Å²) in [5.74, 6) is 1.37. The van der Waals surface area contributed by atoms with Crippen LogP contribution in [-0.2, 0) is 10.0 Å². The van der Waals surface area contributed by atoms with Crippen molar-refractivity contribution in [2.75, 3.05) is 51.1 Å². The minimum atomic E-state index is -3.16. The third-order valence-electron chi connectivity index (χ3n) is 5.65. The lowest BCUT2D eigenvalue weighted by atomic mass is 10.1. The third kappa shape index (κ3) is 4.37. The van der Waals surface area contributed by atoms with Crippen LogP contribution < -0.4 is 14.4 Å². The van der Waals surface area contributed by atoms with E-state index in [1.54, 1.807) is 30.7 Å². The first-order chi connectivity index (χ1) is 15.4. The van der Waals surface area contributed by atoms with Crippen LogP contribution in [0.2, 0.25) is 5.02 Å². The van der Waals surface area contributed by atoms with E-state index in [1.165, 1.54) is 0 Å². The maximum atomic E-state index is 12.3. The van der Waals surface area contributed by atoms with E-state index < -0.39 is 10.0 Å². The number of rotatable bonds is 7. The predicted molar refractivity (Wildman–Crippen MR) is 127 cm³/mol. The largest absolute Gasteiger partial charge is 0.496 e. The van der Waals surface area contributed by atoms with Gasteiger partial charge in [0.05, 0.1) is 30.7 Å². The molecule has 1 fully saturated rings. The van der Waals surface area contributed by atoms with Crippen molar-refractivity contribution in [3.05, 3.63) is 41.7 Å². The van der Waals surface area contributed by atoms with Gasteiger partial charge in [0.25, 0.3) is 0 Å². The zero-order chi connectivity index (χ0) is 22.9. The highest BCUT2D eigenvalue weighted by molar-refractivity contribution is 7.89. The quantitative estimate of drug-likeness (QED) is 0.517. The number of hydrogen-bond acceptors (Lipinski definition) is 6. The average molecular weight is 479 g/mol. The van der Waals surface area contributed by atoms with E-state index in [0.717, 1.165) is 22.6 Å². The van der Waals surface area contributed by atoms with Crippen LogP contribution in [0.5, 0.6) is 11.5 Å². The van der Waals surface area contributed by atoms with Crippen molar-refractivity contribution in [1.82, 2.24) is 13.7 Å². The molecule has 1 aliphatic heterocycles. The zero-order valence-electron chi connectivity index (χ0n) is 18.4. The molecule has 10 heteroatoms. The van der Waals surface area contributed by atoms with Gasteiger partial charge in [-0.2, -0.15) is 4.31 Å². The molecule has 0 saturated carbocycles. The van der Waals surface area contributed by atoms with E-state index in [2.05, 4.69) is 4.90 Å². The van der Waals surface area contributed by atoms with Gasteiger partial charge in [-0.1, -0.05) is 18.5 Å². The van der Waals surface area contributed by atoms with E-state index in [9.17, 15) is 8.42 Å². The van der Waals surface area contributed by atoms with Gasteiger partial charge in [-0.05, 0) is 18.6 Å². The first kappa shape index (κ1) is 22.7. The number of hydrogen-bond donors (Lipinski definition) is 0. The minimum absolute atomic E-state index is 0.203. The zero-order valence-corrected chi connectivity index (χ0v) is 20.0. The first-order valence-corrected chi connectivity index (χ1v) is 12.5. The van der Waals surface area contributed by atoms with Crippen LogP contribution in [0.25, 0.3) is 16.9 Å². The highest BCUT2D eigenvalue weighted by atomic mass is 35.5. The summed E-state index contributed by atoms with van der Waals surface area (Å²) in [6, 6.07) is 7.57. The highest BCUT2D eigenvalue weighted by Gasteiger charge is 2.26. The number of pyridine rings is 1. The molecule has 4 rings (SSSR count). The fraction of sp³-hybridized carbons (Fsp3) is 0.409. The van der Waals surface area contributed by atoms with Crippen LogP contribution in [0.4, 0.5) is 5.69 Å². The molecule has 0 unspecified atom stereocenters. The third-order valence-corrected chi connectivity index (χ3v) is 8.02. The highest BCUT2D eigenvalue weighted by Crippen LogP contribution is 2.38. The number of sulfonamides is 1. The van der Waals surface area contributed by atoms with E-state index in [4.69, 9.17) is 26.1 Å². The molecule has 3 aromatic rings. The molecule has 1 aromatic carbocycles. The van der Waals surface area contributed by atoms with E-state index in [1.807, 2.05) is 35.9 Å². The van der Waals surface area contributed by atoms with Gasteiger partial charge in [0.1, 0.15) is 17.1 Å². The number of nitrogens with zero attached hydrogens (tertiary/aromatic N) is 4. The van der Waals surface area contributed by atoms with E-state index >= 15 is 0 Å². The van der Waals surface area contributed by atoms with Crippen molar-refractivity contribution in [3.63, 3.8) is 0 Å². The van der Waals surface area contributed by atoms with Gasteiger partial charge in [-0.25, -0.2) is 13.4 Å². The standard InChI is InChI=1S/C22H27ClN4O4S/c1-4-11-32(28,29)27-9-7-25(8-10-27)16-5-6-26-15-19(24-22(26)12-16)17-13-18(23)21(31-3)14-20(17)30-2/h5-6,12-15H,4,7-11H2,1-3H3. The number of piperazine rings is 1. The summed E-state index contributed by atoms with van der Waals surface area (Å²) in [6.07, 6.45) is 4.51. The number of imidazole rings is 1. The SMILES string of the molecule is CCCS(=O)(=O)N1CCN(c2ccn3cc(-c4cc(Cl)c(OC)cc4OC)nc3c2)CC1. The first-order valence-electron chi connectivity index (χ1n) is 10.5. The maximum Gasteiger partial charge on any atom is 0.214 e. The van der Waals surface area contributed by atoms with Gasteiger partial charge in [-0.3, -0.25) is 0 Å². The van der Waals surface area contributed by atoms with Crippen molar-refractivity contribution in [3.8, 4) is 22.8 Å². The number of fused-ring (bicyclic) bond motifs is 1. The molecule has 0 bridgehead atoms. The molecule has 3 heterocycles. The van der Waals surface area contributed by atoms with Crippen molar-refractivity contribution in [2.45, 2.75) is 13.3 Å². The maximum absolute atomic E-state index is 12.3. The number of aromatic nitrogens is 2. The van der Waals surface area contributed by atoms with E-state index in [0.29, 0.717) is 49.1 Å². The summed E-state index contributed by atoms with van der Waals surface area (Å²) in [7, 11) is 0.00135. The topological polar surface area (TPSA) is 76.4 Å². The van der Waals surface area contributed by atoms with Crippen molar-refractivity contribution >= 4 is 33.0 Å². The van der Waals surface area contributed by atoms with Gasteiger partial charge >= 0.3 is 0 Å². The minimum Gasteiger partial charge on any atom is -0.496 e. The summed E-state index contributed by atoms with van der Waals surface area (Å²) in [4.78, 5) is 6.96. The summed E-state index contributed by atoms with van der Waals surface area (Å²) in [6.45, 7) is 4.17. The second-order valence-electron chi connectivity index (χ2n) is 7.67. The molecular formula is C22H27ClN4O4S. The lowest BCUT2D eigenvalue weighted by molar-refractivity contribution is 0.384. The molecule has 0 atom stereocenters. The van der Waals surface area contributed by atoms with Crippen LogP contribution in [0.1, 0.15) is 13.3 Å². The van der Waals surface area contributed by atoms with Crippen LogP contribution in [0, 0.1) is 0 Å². The molecule has 0 spiro atoms. The normalized spacial score (nSPS) is 15.3. The molecule has 1 saturated heterocycles. The molecule has 1 aliphatic rings. The molecule has 0 amide bonds. The van der Waals surface area contributed by atoms with Crippen molar-refractivity contribution in [1.29, 1.82) is 0 Å². The Morgan fingerprint density at radius 1 is 1.06 bits per heavy atom. The molecular weight excluding hydrogens is 452 g/mol. The fourth-order valence-corrected chi connectivity index (χ4v) is 5.70. The molecule has 0 aliphatic carbocycles. The second-order valence-corrected chi connectivity index (χ2v) is 10.2. The molecule has 32 heavy (non-hydrogen) atoms. The number of halogens is 1. The van der Waals surface area contributed by atoms with E-state index in [-0.39, 0.29) is 5.75 Å². The Kier molecular flexibility index (Phi) is 6.50. The number of benzene rings is 1. The lowest BCUT2D eigenvalue weighted by Gasteiger charge is -2.35. The Morgan fingerprint density at radius 2 is 1.78 bits per heavy atom. The Balaban J connectivity index is 1.58. The Morgan fingerprint density at radius 3 is 2.44 bits per heavy atom. The fourth-order valence-electron chi connectivity index (χ4n) is 3.97. The number of anilines is 1. The van der Waals surface area contributed by atoms with Crippen LogP contribution in [0.15, 0.2) is 36.7 Å². The monoisotopic (exact) mass is 478 g/mol. The summed E-state index contributed by atoms with van der Waals surface area (Å²) in [5, 5.41) is 0.483. The van der Waals surface area contributed by atoms with Gasteiger partial charge in [0, 0.05) is 62.0 Å². The molecule has 172 valence electrons. The molecule has 0 radical (unpaired) electrons. The van der Waals surface area contributed by atoms with Crippen LogP contribution >= 0.6 is 11.6 Å². The van der Waals surface area contributed by atoms with Gasteiger partial charge in [0.15, 0.2) is 0 Å². The lowest BCUT2D eigenvalue weighted by Crippen LogP contribution is -2.49. The Labute approximate surface area is 193 Å². The average Bonchev–Trinajstić information content (AvgIpc) is 3.22. The summed E-state index contributed by atoms with van der Waals surface area (Å²) < 4.78 is 39.0. The summed E-state index contributed by atoms with van der Waals surface area (Å²) in [5.41, 5.74) is 3.31. The summed E-state index contributed by atoms with van der Waals surface area (Å²) >= 11 is 6.33. The van der Waals surface area contributed by atoms with Crippen molar-refractivity contribution in [2.24, 2.45) is 0 Å². The van der Waals surface area contributed by atoms with Crippen LogP contribution in [-0.4, -0.2) is 68.3 Å². The molecule has 0 N–H and O–H groups in total. The van der Waals surface area contributed by atoms with Crippen molar-refractivity contribution < 1.29 is 17.9 Å². The Hall–Kier alpha value is -2.49. The van der Waals surface area contributed by atoms with Crippen LogP contribution in [0.3, 0.4) is 0 Å². The number of methoxy groups -OCH3 is 2.